The van der Waals surface area contributed by atoms with E-state index in [0.717, 1.165) is 10.5 Å². The molecule has 144 valence electrons. The normalized spacial score (nSPS) is 17.1. The van der Waals surface area contributed by atoms with Crippen LogP contribution in [-0.4, -0.2) is 36.3 Å². The molecule has 2 aromatic carbocycles. The first-order valence-corrected chi connectivity index (χ1v) is 9.43. The van der Waals surface area contributed by atoms with Gasteiger partial charge in [0.2, 0.25) is 0 Å². The molecule has 0 spiro atoms. The SMILES string of the molecule is COC1(c2cc(F)cc(Sc3ccc(/C(C)=N/O)c(O)c3)c2)CCOCC1. The molecule has 1 fully saturated rings. The Bertz CT molecular complexity index is 850. The first kappa shape index (κ1) is 19.7. The van der Waals surface area contributed by atoms with Gasteiger partial charge in [-0.1, -0.05) is 16.9 Å². The lowest BCUT2D eigenvalue weighted by molar-refractivity contribution is -0.0950. The highest BCUT2D eigenvalue weighted by atomic mass is 32.2. The molecular formula is C20H22FNO4S. The van der Waals surface area contributed by atoms with Crippen LogP contribution in [0.1, 0.15) is 30.9 Å². The van der Waals surface area contributed by atoms with E-state index in [1.165, 1.54) is 23.9 Å². The van der Waals surface area contributed by atoms with Crippen LogP contribution in [0.2, 0.25) is 0 Å². The molecule has 1 aliphatic heterocycles. The van der Waals surface area contributed by atoms with Crippen LogP contribution in [0.25, 0.3) is 0 Å². The minimum Gasteiger partial charge on any atom is -0.507 e. The van der Waals surface area contributed by atoms with Gasteiger partial charge in [-0.15, -0.1) is 0 Å². The quantitative estimate of drug-likeness (QED) is 0.445. The van der Waals surface area contributed by atoms with Crippen molar-refractivity contribution in [2.24, 2.45) is 5.16 Å². The van der Waals surface area contributed by atoms with E-state index in [2.05, 4.69) is 5.16 Å². The lowest BCUT2D eigenvalue weighted by Crippen LogP contribution is -2.35. The van der Waals surface area contributed by atoms with Gasteiger partial charge in [0.15, 0.2) is 0 Å². The summed E-state index contributed by atoms with van der Waals surface area (Å²) in [6.45, 7) is 2.75. The molecule has 0 aromatic heterocycles. The molecule has 5 nitrogen and oxygen atoms in total. The molecule has 1 heterocycles. The highest BCUT2D eigenvalue weighted by Gasteiger charge is 2.35. The zero-order valence-corrected chi connectivity index (χ0v) is 16.1. The van der Waals surface area contributed by atoms with Crippen molar-refractivity contribution in [1.29, 1.82) is 0 Å². The zero-order valence-electron chi connectivity index (χ0n) is 15.2. The number of nitrogens with zero attached hydrogens (tertiary/aromatic N) is 1. The van der Waals surface area contributed by atoms with Crippen molar-refractivity contribution in [3.05, 3.63) is 53.3 Å². The Hall–Kier alpha value is -2.09. The van der Waals surface area contributed by atoms with E-state index in [1.807, 2.05) is 6.07 Å². The van der Waals surface area contributed by atoms with Gasteiger partial charge in [0, 0.05) is 48.5 Å². The predicted octanol–water partition coefficient (Wildman–Crippen LogP) is 4.53. The average molecular weight is 391 g/mol. The highest BCUT2D eigenvalue weighted by Crippen LogP contribution is 2.39. The maximum absolute atomic E-state index is 14.3. The van der Waals surface area contributed by atoms with E-state index in [1.54, 1.807) is 32.2 Å². The number of methoxy groups -OCH3 is 1. The number of halogens is 1. The number of rotatable bonds is 5. The largest absolute Gasteiger partial charge is 0.507 e. The van der Waals surface area contributed by atoms with E-state index < -0.39 is 5.60 Å². The Kier molecular flexibility index (Phi) is 6.04. The molecule has 0 unspecified atom stereocenters. The van der Waals surface area contributed by atoms with Gasteiger partial charge in [0.25, 0.3) is 0 Å². The highest BCUT2D eigenvalue weighted by molar-refractivity contribution is 7.99. The molecule has 7 heteroatoms. The Labute approximate surface area is 161 Å². The second-order valence-electron chi connectivity index (χ2n) is 6.45. The fraction of sp³-hybridized carbons (Fsp3) is 0.350. The second-order valence-corrected chi connectivity index (χ2v) is 7.60. The van der Waals surface area contributed by atoms with E-state index in [9.17, 15) is 9.50 Å². The van der Waals surface area contributed by atoms with Crippen molar-refractivity contribution in [3.63, 3.8) is 0 Å². The lowest BCUT2D eigenvalue weighted by Gasteiger charge is -2.36. The molecule has 27 heavy (non-hydrogen) atoms. The van der Waals surface area contributed by atoms with Gasteiger partial charge in [-0.2, -0.15) is 0 Å². The molecule has 0 amide bonds. The lowest BCUT2D eigenvalue weighted by atomic mass is 9.86. The van der Waals surface area contributed by atoms with Gasteiger partial charge >= 0.3 is 0 Å². The maximum Gasteiger partial charge on any atom is 0.125 e. The first-order chi connectivity index (χ1) is 13.0. The van der Waals surface area contributed by atoms with Gasteiger partial charge in [-0.3, -0.25) is 0 Å². The smallest absolute Gasteiger partial charge is 0.125 e. The van der Waals surface area contributed by atoms with E-state index in [0.29, 0.717) is 42.2 Å². The molecule has 2 N–H and O–H groups in total. The van der Waals surface area contributed by atoms with Gasteiger partial charge in [0.1, 0.15) is 11.6 Å². The molecule has 0 radical (unpaired) electrons. The molecule has 1 saturated heterocycles. The van der Waals surface area contributed by atoms with Crippen LogP contribution in [0.4, 0.5) is 4.39 Å². The summed E-state index contributed by atoms with van der Waals surface area (Å²) in [4.78, 5) is 1.46. The number of ether oxygens (including phenoxy) is 2. The minimum atomic E-state index is -0.545. The van der Waals surface area contributed by atoms with Crippen molar-refractivity contribution in [2.75, 3.05) is 20.3 Å². The van der Waals surface area contributed by atoms with Crippen LogP contribution in [0, 0.1) is 5.82 Å². The Balaban J connectivity index is 1.90. The van der Waals surface area contributed by atoms with Gasteiger partial charge in [-0.05, 0) is 48.9 Å². The topological polar surface area (TPSA) is 71.3 Å². The molecule has 1 aliphatic rings. The summed E-state index contributed by atoms with van der Waals surface area (Å²) in [5, 5.41) is 22.1. The standard InChI is InChI=1S/C20H22FNO4S/c1-13(22-24)18-4-3-16(12-19(18)23)27-17-10-14(9-15(21)11-17)20(25-2)5-7-26-8-6-20/h3-4,9-12,23-24H,5-8H2,1-2H3/b22-13+. The zero-order chi connectivity index (χ0) is 19.4. The summed E-state index contributed by atoms with van der Waals surface area (Å²) >= 11 is 1.34. The molecule has 3 rings (SSSR count). The van der Waals surface area contributed by atoms with Gasteiger partial charge in [0.05, 0.1) is 11.3 Å². The van der Waals surface area contributed by atoms with Crippen LogP contribution in [-0.2, 0) is 15.1 Å². The summed E-state index contributed by atoms with van der Waals surface area (Å²) in [5.41, 5.74) is 1.01. The fourth-order valence-electron chi connectivity index (χ4n) is 3.27. The van der Waals surface area contributed by atoms with Crippen LogP contribution < -0.4 is 0 Å². The third-order valence-electron chi connectivity index (χ3n) is 4.83. The summed E-state index contributed by atoms with van der Waals surface area (Å²) in [7, 11) is 1.64. The van der Waals surface area contributed by atoms with Crippen LogP contribution in [0.15, 0.2) is 51.3 Å². The molecule has 0 atom stereocenters. The number of phenols is 1. The van der Waals surface area contributed by atoms with Crippen molar-refractivity contribution >= 4 is 17.5 Å². The summed E-state index contributed by atoms with van der Waals surface area (Å²) < 4.78 is 25.5. The average Bonchev–Trinajstić information content (AvgIpc) is 2.67. The number of hydrogen-bond acceptors (Lipinski definition) is 6. The minimum absolute atomic E-state index is 0.00437. The first-order valence-electron chi connectivity index (χ1n) is 8.61. The van der Waals surface area contributed by atoms with E-state index >= 15 is 0 Å². The van der Waals surface area contributed by atoms with Gasteiger partial charge in [-0.25, -0.2) is 4.39 Å². The second kappa shape index (κ2) is 8.29. The maximum atomic E-state index is 14.3. The molecule has 0 bridgehead atoms. The Morgan fingerprint density at radius 1 is 1.19 bits per heavy atom. The summed E-state index contributed by atoms with van der Waals surface area (Å²) in [5.74, 6) is -0.327. The monoisotopic (exact) mass is 391 g/mol. The number of aromatic hydroxyl groups is 1. The van der Waals surface area contributed by atoms with Crippen molar-refractivity contribution in [1.82, 2.24) is 0 Å². The number of oxime groups is 1. The third-order valence-corrected chi connectivity index (χ3v) is 5.79. The third kappa shape index (κ3) is 4.26. The van der Waals surface area contributed by atoms with Gasteiger partial charge < -0.3 is 19.8 Å². The van der Waals surface area contributed by atoms with E-state index in [4.69, 9.17) is 14.7 Å². The Morgan fingerprint density at radius 3 is 2.56 bits per heavy atom. The molecule has 2 aromatic rings. The summed E-state index contributed by atoms with van der Waals surface area (Å²) in [6.07, 6.45) is 1.35. The van der Waals surface area contributed by atoms with Crippen LogP contribution in [0.5, 0.6) is 5.75 Å². The van der Waals surface area contributed by atoms with Crippen molar-refractivity contribution < 1.29 is 24.2 Å². The Morgan fingerprint density at radius 2 is 1.93 bits per heavy atom. The number of benzene rings is 2. The summed E-state index contributed by atoms with van der Waals surface area (Å²) in [6, 6.07) is 9.93. The predicted molar refractivity (Wildman–Crippen MR) is 101 cm³/mol. The molecule has 0 saturated carbocycles. The fourth-order valence-corrected chi connectivity index (χ4v) is 4.20. The van der Waals surface area contributed by atoms with Crippen molar-refractivity contribution in [2.45, 2.75) is 35.2 Å². The number of phenolic OH excluding ortho intramolecular Hbond substituents is 1. The van der Waals surface area contributed by atoms with Crippen LogP contribution in [0.3, 0.4) is 0 Å². The van der Waals surface area contributed by atoms with Crippen LogP contribution >= 0.6 is 11.8 Å². The molecular weight excluding hydrogens is 369 g/mol. The number of hydrogen-bond donors (Lipinski definition) is 2. The molecule has 0 aliphatic carbocycles. The van der Waals surface area contributed by atoms with E-state index in [-0.39, 0.29) is 11.6 Å². The van der Waals surface area contributed by atoms with Crippen molar-refractivity contribution in [3.8, 4) is 5.75 Å².